The molecule has 2 rings (SSSR count). The summed E-state index contributed by atoms with van der Waals surface area (Å²) in [7, 11) is 0. The Balaban J connectivity index is 2.34. The Kier molecular flexibility index (Phi) is 3.40. The normalized spacial score (nSPS) is 21.2. The maximum Gasteiger partial charge on any atom is 0.237 e. The number of nitrogens with two attached hydrogens (primary N) is 2. The smallest absolute Gasteiger partial charge is 0.237 e. The molecule has 0 fully saturated rings. The SMILES string of the molecule is CC1Sc2ccc(C(N)C(C)(C)N)cc2NC1=O. The van der Waals surface area contributed by atoms with E-state index < -0.39 is 5.54 Å². The standard InChI is InChI=1S/C13H19N3OS/c1-7-12(17)16-9-6-8(4-5-10(9)18-7)11(14)13(2,3)15/h4-7,11H,14-15H2,1-3H3,(H,16,17). The van der Waals surface area contributed by atoms with Crippen LogP contribution >= 0.6 is 11.8 Å². The van der Waals surface area contributed by atoms with Gasteiger partial charge in [0.1, 0.15) is 0 Å². The molecular formula is C13H19N3OS. The summed E-state index contributed by atoms with van der Waals surface area (Å²) in [5.74, 6) is 0.0326. The molecule has 18 heavy (non-hydrogen) atoms. The number of rotatable bonds is 2. The van der Waals surface area contributed by atoms with E-state index in [1.54, 1.807) is 11.8 Å². The largest absolute Gasteiger partial charge is 0.324 e. The Hall–Kier alpha value is -1.04. The first kappa shape index (κ1) is 13.4. The van der Waals surface area contributed by atoms with Crippen molar-refractivity contribution in [3.63, 3.8) is 0 Å². The van der Waals surface area contributed by atoms with Crippen molar-refractivity contribution in [2.45, 2.75) is 42.5 Å². The van der Waals surface area contributed by atoms with Crippen molar-refractivity contribution in [1.82, 2.24) is 0 Å². The number of nitrogens with one attached hydrogen (secondary N) is 1. The van der Waals surface area contributed by atoms with Crippen molar-refractivity contribution in [2.75, 3.05) is 5.32 Å². The zero-order valence-corrected chi connectivity index (χ0v) is 11.7. The lowest BCUT2D eigenvalue weighted by Crippen LogP contribution is -2.43. The Morgan fingerprint density at radius 2 is 2.11 bits per heavy atom. The molecule has 1 aliphatic heterocycles. The molecule has 2 unspecified atom stereocenters. The summed E-state index contributed by atoms with van der Waals surface area (Å²) >= 11 is 1.56. The fourth-order valence-electron chi connectivity index (χ4n) is 1.85. The predicted octanol–water partition coefficient (Wildman–Crippen LogP) is 1.86. The van der Waals surface area contributed by atoms with E-state index in [0.717, 1.165) is 16.1 Å². The van der Waals surface area contributed by atoms with Gasteiger partial charge in [-0.1, -0.05) is 6.07 Å². The number of amides is 1. The average molecular weight is 265 g/mol. The second-order valence-electron chi connectivity index (χ2n) is 5.30. The van der Waals surface area contributed by atoms with Gasteiger partial charge in [-0.15, -0.1) is 11.8 Å². The molecule has 5 N–H and O–H groups in total. The van der Waals surface area contributed by atoms with Crippen molar-refractivity contribution < 1.29 is 4.79 Å². The monoisotopic (exact) mass is 265 g/mol. The van der Waals surface area contributed by atoms with Crippen LogP contribution in [0.5, 0.6) is 0 Å². The number of anilines is 1. The van der Waals surface area contributed by atoms with Gasteiger partial charge in [0, 0.05) is 16.5 Å². The summed E-state index contributed by atoms with van der Waals surface area (Å²) in [5.41, 5.74) is 13.4. The molecule has 0 bridgehead atoms. The Labute approximate surface area is 111 Å². The first-order chi connectivity index (χ1) is 8.29. The van der Waals surface area contributed by atoms with Crippen molar-refractivity contribution >= 4 is 23.4 Å². The fourth-order valence-corrected chi connectivity index (χ4v) is 2.78. The van der Waals surface area contributed by atoms with Gasteiger partial charge < -0.3 is 16.8 Å². The van der Waals surface area contributed by atoms with Crippen LogP contribution in [0, 0.1) is 0 Å². The summed E-state index contributed by atoms with van der Waals surface area (Å²) in [6.45, 7) is 5.69. The van der Waals surface area contributed by atoms with Gasteiger partial charge in [0.25, 0.3) is 0 Å². The van der Waals surface area contributed by atoms with Crippen molar-refractivity contribution in [3.8, 4) is 0 Å². The summed E-state index contributed by atoms with van der Waals surface area (Å²) in [6.07, 6.45) is 0. The molecule has 1 heterocycles. The van der Waals surface area contributed by atoms with Crippen LogP contribution in [0.15, 0.2) is 23.1 Å². The van der Waals surface area contributed by atoms with Crippen molar-refractivity contribution in [2.24, 2.45) is 11.5 Å². The van der Waals surface area contributed by atoms with Crippen LogP contribution in [0.1, 0.15) is 32.4 Å². The van der Waals surface area contributed by atoms with Crippen molar-refractivity contribution in [3.05, 3.63) is 23.8 Å². The maximum atomic E-state index is 11.6. The van der Waals surface area contributed by atoms with Crippen LogP contribution in [0.4, 0.5) is 5.69 Å². The third-order valence-electron chi connectivity index (χ3n) is 3.10. The highest BCUT2D eigenvalue weighted by atomic mass is 32.2. The molecule has 0 aliphatic carbocycles. The van der Waals surface area contributed by atoms with Crippen LogP contribution in [0.3, 0.4) is 0 Å². The minimum atomic E-state index is -0.493. The summed E-state index contributed by atoms with van der Waals surface area (Å²) in [6, 6.07) is 5.64. The number of carbonyl (C=O) groups excluding carboxylic acids is 1. The van der Waals surface area contributed by atoms with Crippen molar-refractivity contribution in [1.29, 1.82) is 0 Å². The van der Waals surface area contributed by atoms with Crippen LogP contribution in [-0.2, 0) is 4.79 Å². The van der Waals surface area contributed by atoms with E-state index in [1.165, 1.54) is 0 Å². The van der Waals surface area contributed by atoms with Crippen LogP contribution in [-0.4, -0.2) is 16.7 Å². The van der Waals surface area contributed by atoms with E-state index in [0.29, 0.717) is 0 Å². The number of hydrogen-bond donors (Lipinski definition) is 3. The maximum absolute atomic E-state index is 11.6. The molecule has 0 saturated heterocycles. The van der Waals surface area contributed by atoms with Gasteiger partial charge >= 0.3 is 0 Å². The van der Waals surface area contributed by atoms with E-state index in [1.807, 2.05) is 39.0 Å². The molecule has 5 heteroatoms. The van der Waals surface area contributed by atoms with Gasteiger partial charge in [0.2, 0.25) is 5.91 Å². The second-order valence-corrected chi connectivity index (χ2v) is 6.69. The molecule has 1 aromatic carbocycles. The molecule has 4 nitrogen and oxygen atoms in total. The summed E-state index contributed by atoms with van der Waals surface area (Å²) in [5, 5.41) is 2.85. The van der Waals surface area contributed by atoms with Crippen LogP contribution in [0.2, 0.25) is 0 Å². The molecule has 0 spiro atoms. The molecule has 0 radical (unpaired) electrons. The van der Waals surface area contributed by atoms with Gasteiger partial charge in [-0.05, 0) is 38.5 Å². The third kappa shape index (κ3) is 2.53. The summed E-state index contributed by atoms with van der Waals surface area (Å²) in [4.78, 5) is 12.7. The zero-order chi connectivity index (χ0) is 13.5. The Bertz CT molecular complexity index is 482. The topological polar surface area (TPSA) is 81.1 Å². The van der Waals surface area contributed by atoms with Gasteiger partial charge in [0.15, 0.2) is 0 Å². The average Bonchev–Trinajstić information content (AvgIpc) is 2.28. The number of thioether (sulfide) groups is 1. The third-order valence-corrected chi connectivity index (χ3v) is 4.27. The highest BCUT2D eigenvalue weighted by molar-refractivity contribution is 8.00. The van der Waals surface area contributed by atoms with Gasteiger partial charge in [-0.2, -0.15) is 0 Å². The van der Waals surface area contributed by atoms with E-state index >= 15 is 0 Å². The van der Waals surface area contributed by atoms with E-state index in [2.05, 4.69) is 5.32 Å². The van der Waals surface area contributed by atoms with Gasteiger partial charge in [0.05, 0.1) is 10.9 Å². The minimum absolute atomic E-state index is 0.0326. The first-order valence-electron chi connectivity index (χ1n) is 5.95. The molecule has 1 aliphatic rings. The lowest BCUT2D eigenvalue weighted by atomic mass is 9.90. The van der Waals surface area contributed by atoms with Gasteiger partial charge in [-0.25, -0.2) is 0 Å². The summed E-state index contributed by atoms with van der Waals surface area (Å²) < 4.78 is 0. The number of fused-ring (bicyclic) bond motifs is 1. The van der Waals surface area contributed by atoms with E-state index in [9.17, 15) is 4.79 Å². The minimum Gasteiger partial charge on any atom is -0.324 e. The molecule has 98 valence electrons. The van der Waals surface area contributed by atoms with Gasteiger partial charge in [-0.3, -0.25) is 4.79 Å². The molecule has 1 amide bonds. The quantitative estimate of drug-likeness (QED) is 0.762. The molecule has 1 aromatic rings. The molecular weight excluding hydrogens is 246 g/mol. The zero-order valence-electron chi connectivity index (χ0n) is 10.9. The lowest BCUT2D eigenvalue weighted by molar-refractivity contribution is -0.115. The fraction of sp³-hybridized carbons (Fsp3) is 0.462. The number of hydrogen-bond acceptors (Lipinski definition) is 4. The number of benzene rings is 1. The predicted molar refractivity (Wildman–Crippen MR) is 75.6 cm³/mol. The van der Waals surface area contributed by atoms with Crippen LogP contribution < -0.4 is 16.8 Å². The molecule has 0 saturated carbocycles. The highest BCUT2D eigenvalue weighted by Gasteiger charge is 2.26. The van der Waals surface area contributed by atoms with Crippen LogP contribution in [0.25, 0.3) is 0 Å². The molecule has 0 aromatic heterocycles. The van der Waals surface area contributed by atoms with E-state index in [4.69, 9.17) is 11.5 Å². The highest BCUT2D eigenvalue weighted by Crippen LogP contribution is 2.37. The Morgan fingerprint density at radius 1 is 1.44 bits per heavy atom. The number of carbonyl (C=O) groups is 1. The Morgan fingerprint density at radius 3 is 2.72 bits per heavy atom. The van der Waals surface area contributed by atoms with E-state index in [-0.39, 0.29) is 17.2 Å². The second kappa shape index (κ2) is 4.57. The lowest BCUT2D eigenvalue weighted by Gasteiger charge is -2.29. The first-order valence-corrected chi connectivity index (χ1v) is 6.83. The molecule has 2 atom stereocenters.